The van der Waals surface area contributed by atoms with Crippen molar-refractivity contribution >= 4 is 28.2 Å². The SMILES string of the molecule is Cn1cccc(NCc2cc3ccc(OCc4ccccn4)c(Cl)c3[nH]c2=O)c1=O. The van der Waals surface area contributed by atoms with E-state index in [2.05, 4.69) is 15.3 Å². The number of nitrogens with one attached hydrogen (secondary N) is 2. The second-order valence-electron chi connectivity index (χ2n) is 6.77. The summed E-state index contributed by atoms with van der Waals surface area (Å²) in [6.07, 6.45) is 3.37. The Morgan fingerprint density at radius 1 is 1.17 bits per heavy atom. The van der Waals surface area contributed by atoms with Gasteiger partial charge in [-0.05, 0) is 42.5 Å². The van der Waals surface area contributed by atoms with Gasteiger partial charge in [0.15, 0.2) is 0 Å². The Kier molecular flexibility index (Phi) is 5.54. The van der Waals surface area contributed by atoms with E-state index in [4.69, 9.17) is 16.3 Å². The van der Waals surface area contributed by atoms with E-state index in [1.165, 1.54) is 4.57 Å². The smallest absolute Gasteiger partial charge is 0.273 e. The van der Waals surface area contributed by atoms with Crippen LogP contribution in [0.1, 0.15) is 11.3 Å². The number of aromatic nitrogens is 3. The highest BCUT2D eigenvalue weighted by Gasteiger charge is 2.11. The van der Waals surface area contributed by atoms with Crippen LogP contribution in [0.4, 0.5) is 5.69 Å². The summed E-state index contributed by atoms with van der Waals surface area (Å²) in [7, 11) is 1.67. The first-order valence-electron chi connectivity index (χ1n) is 9.29. The Morgan fingerprint density at radius 2 is 2.03 bits per heavy atom. The van der Waals surface area contributed by atoms with E-state index in [-0.39, 0.29) is 24.3 Å². The van der Waals surface area contributed by atoms with Gasteiger partial charge in [-0.25, -0.2) is 0 Å². The summed E-state index contributed by atoms with van der Waals surface area (Å²) < 4.78 is 7.24. The Hall–Kier alpha value is -3.58. The lowest BCUT2D eigenvalue weighted by molar-refractivity contribution is 0.302. The number of rotatable bonds is 6. The molecule has 0 spiro atoms. The molecule has 152 valence electrons. The number of pyridine rings is 3. The first kappa shape index (κ1) is 19.7. The van der Waals surface area contributed by atoms with E-state index in [0.717, 1.165) is 11.1 Å². The normalized spacial score (nSPS) is 10.9. The average Bonchev–Trinajstić information content (AvgIpc) is 2.76. The van der Waals surface area contributed by atoms with Crippen LogP contribution in [0.15, 0.2) is 70.5 Å². The molecule has 0 aliphatic rings. The zero-order chi connectivity index (χ0) is 21.1. The van der Waals surface area contributed by atoms with E-state index >= 15 is 0 Å². The highest BCUT2D eigenvalue weighted by molar-refractivity contribution is 6.36. The van der Waals surface area contributed by atoms with E-state index in [1.807, 2.05) is 24.3 Å². The van der Waals surface area contributed by atoms with Gasteiger partial charge in [0.05, 0.1) is 11.2 Å². The first-order valence-corrected chi connectivity index (χ1v) is 9.67. The maximum absolute atomic E-state index is 12.6. The zero-order valence-corrected chi connectivity index (χ0v) is 16.9. The molecule has 0 radical (unpaired) electrons. The third kappa shape index (κ3) is 4.06. The number of hydrogen-bond donors (Lipinski definition) is 2. The summed E-state index contributed by atoms with van der Waals surface area (Å²) in [6.45, 7) is 0.477. The first-order chi connectivity index (χ1) is 14.5. The molecule has 0 bridgehead atoms. The average molecular weight is 423 g/mol. The Balaban J connectivity index is 1.57. The second kappa shape index (κ2) is 8.42. The minimum absolute atomic E-state index is 0.160. The van der Waals surface area contributed by atoms with Gasteiger partial charge in [-0.3, -0.25) is 14.6 Å². The molecule has 1 aromatic carbocycles. The van der Waals surface area contributed by atoms with E-state index < -0.39 is 0 Å². The standard InChI is InChI=1S/C22H19ClN4O3/c1-27-10-4-6-17(22(27)29)25-12-15-11-14-7-8-18(19(23)20(14)26-21(15)28)30-13-16-5-2-3-9-24-16/h2-11,25H,12-13H2,1H3,(H,26,28). The van der Waals surface area contributed by atoms with Gasteiger partial charge in [-0.1, -0.05) is 17.7 Å². The predicted octanol–water partition coefficient (Wildman–Crippen LogP) is 3.47. The van der Waals surface area contributed by atoms with Crippen molar-refractivity contribution in [3.63, 3.8) is 0 Å². The van der Waals surface area contributed by atoms with Crippen LogP contribution in [0.2, 0.25) is 5.02 Å². The van der Waals surface area contributed by atoms with Crippen molar-refractivity contribution in [1.82, 2.24) is 14.5 Å². The summed E-state index contributed by atoms with van der Waals surface area (Å²) in [5.41, 5.74) is 1.75. The van der Waals surface area contributed by atoms with Crippen molar-refractivity contribution < 1.29 is 4.74 Å². The molecule has 30 heavy (non-hydrogen) atoms. The molecule has 4 aromatic rings. The van der Waals surface area contributed by atoms with E-state index in [0.29, 0.717) is 27.5 Å². The molecule has 4 rings (SSSR count). The van der Waals surface area contributed by atoms with Gasteiger partial charge in [0.2, 0.25) is 0 Å². The predicted molar refractivity (Wildman–Crippen MR) is 117 cm³/mol. The lowest BCUT2D eigenvalue weighted by Gasteiger charge is -2.11. The number of halogens is 1. The monoisotopic (exact) mass is 422 g/mol. The van der Waals surface area contributed by atoms with Gasteiger partial charge >= 0.3 is 0 Å². The number of aryl methyl sites for hydroxylation is 1. The van der Waals surface area contributed by atoms with Crippen LogP contribution in [0.5, 0.6) is 5.75 Å². The van der Waals surface area contributed by atoms with Crippen LogP contribution in [0, 0.1) is 0 Å². The van der Waals surface area contributed by atoms with Crippen LogP contribution >= 0.6 is 11.6 Å². The zero-order valence-electron chi connectivity index (χ0n) is 16.2. The largest absolute Gasteiger partial charge is 0.486 e. The van der Waals surface area contributed by atoms with Gasteiger partial charge in [-0.15, -0.1) is 0 Å². The van der Waals surface area contributed by atoms with Gasteiger partial charge in [0.1, 0.15) is 23.1 Å². The topological polar surface area (TPSA) is 89.0 Å². The summed E-state index contributed by atoms with van der Waals surface area (Å²) in [6, 6.07) is 14.4. The van der Waals surface area contributed by atoms with E-state index in [1.54, 1.807) is 43.7 Å². The maximum Gasteiger partial charge on any atom is 0.273 e. The Bertz CT molecular complexity index is 1320. The van der Waals surface area contributed by atoms with Crippen molar-refractivity contribution in [2.75, 3.05) is 5.32 Å². The van der Waals surface area contributed by atoms with Crippen molar-refractivity contribution in [3.8, 4) is 5.75 Å². The number of fused-ring (bicyclic) bond motifs is 1. The molecular formula is C22H19ClN4O3. The molecule has 0 atom stereocenters. The second-order valence-corrected chi connectivity index (χ2v) is 7.14. The number of benzene rings is 1. The quantitative estimate of drug-likeness (QED) is 0.496. The van der Waals surface area contributed by atoms with Crippen molar-refractivity contribution in [2.45, 2.75) is 13.2 Å². The minimum atomic E-state index is -0.286. The molecule has 3 heterocycles. The fourth-order valence-electron chi connectivity index (χ4n) is 3.07. The number of aromatic amines is 1. The van der Waals surface area contributed by atoms with Crippen LogP contribution < -0.4 is 21.2 Å². The fraction of sp³-hybridized carbons (Fsp3) is 0.136. The minimum Gasteiger partial charge on any atom is -0.486 e. The molecule has 0 amide bonds. The number of ether oxygens (including phenoxy) is 1. The molecule has 0 fully saturated rings. The molecule has 0 unspecified atom stereocenters. The lowest BCUT2D eigenvalue weighted by Crippen LogP contribution is -2.22. The molecule has 0 aliphatic heterocycles. The molecule has 0 saturated carbocycles. The van der Waals surface area contributed by atoms with Crippen LogP contribution in [-0.4, -0.2) is 14.5 Å². The van der Waals surface area contributed by atoms with E-state index in [9.17, 15) is 9.59 Å². The number of hydrogen-bond acceptors (Lipinski definition) is 5. The molecule has 2 N–H and O–H groups in total. The number of H-pyrrole nitrogens is 1. The molecule has 8 heteroatoms. The Labute approximate surface area is 176 Å². The van der Waals surface area contributed by atoms with Crippen molar-refractivity contribution in [2.24, 2.45) is 7.05 Å². The lowest BCUT2D eigenvalue weighted by atomic mass is 10.1. The van der Waals surface area contributed by atoms with Crippen LogP contribution in [0.3, 0.4) is 0 Å². The van der Waals surface area contributed by atoms with Gasteiger partial charge in [0, 0.05) is 36.9 Å². The summed E-state index contributed by atoms with van der Waals surface area (Å²) >= 11 is 6.47. The molecule has 3 aromatic heterocycles. The highest BCUT2D eigenvalue weighted by atomic mass is 35.5. The molecule has 7 nitrogen and oxygen atoms in total. The fourth-order valence-corrected chi connectivity index (χ4v) is 3.34. The van der Waals surface area contributed by atoms with Gasteiger partial charge < -0.3 is 19.6 Å². The van der Waals surface area contributed by atoms with Crippen LogP contribution in [0.25, 0.3) is 10.9 Å². The number of nitrogens with zero attached hydrogens (tertiary/aromatic N) is 2. The highest BCUT2D eigenvalue weighted by Crippen LogP contribution is 2.31. The summed E-state index contributed by atoms with van der Waals surface area (Å²) in [5.74, 6) is 0.462. The Morgan fingerprint density at radius 3 is 2.83 bits per heavy atom. The van der Waals surface area contributed by atoms with Crippen LogP contribution in [-0.2, 0) is 20.2 Å². The molecular weight excluding hydrogens is 404 g/mol. The third-order valence-electron chi connectivity index (χ3n) is 4.69. The number of anilines is 1. The van der Waals surface area contributed by atoms with Crippen molar-refractivity contribution in [3.05, 3.63) is 97.9 Å². The van der Waals surface area contributed by atoms with Crippen molar-refractivity contribution in [1.29, 1.82) is 0 Å². The van der Waals surface area contributed by atoms with Gasteiger partial charge in [0.25, 0.3) is 11.1 Å². The maximum atomic E-state index is 12.6. The van der Waals surface area contributed by atoms with Gasteiger partial charge in [-0.2, -0.15) is 0 Å². The summed E-state index contributed by atoms with van der Waals surface area (Å²) in [4.78, 5) is 31.7. The summed E-state index contributed by atoms with van der Waals surface area (Å²) in [5, 5.41) is 4.12. The third-order valence-corrected chi connectivity index (χ3v) is 5.07. The molecule has 0 saturated heterocycles. The molecule has 0 aliphatic carbocycles.